The average Bonchev–Trinajstić information content (AvgIpc) is 2.92. The van der Waals surface area contributed by atoms with Gasteiger partial charge in [-0.3, -0.25) is 16.0 Å². The molecule has 1 aromatic heterocycles. The smallest absolute Gasteiger partial charge is 0.142 e. The van der Waals surface area contributed by atoms with E-state index in [1.165, 1.54) is 6.07 Å². The maximum Gasteiger partial charge on any atom is 0.142 e. The summed E-state index contributed by atoms with van der Waals surface area (Å²) in [6.07, 6.45) is 1.36. The first-order valence-corrected chi connectivity index (χ1v) is 7.44. The molecular formula is C15H20ClFN4. The van der Waals surface area contributed by atoms with Crippen molar-refractivity contribution in [3.8, 4) is 0 Å². The van der Waals surface area contributed by atoms with Crippen LogP contribution in [-0.2, 0) is 19.4 Å². The van der Waals surface area contributed by atoms with E-state index < -0.39 is 5.82 Å². The summed E-state index contributed by atoms with van der Waals surface area (Å²) in [6, 6.07) is 6.67. The first kappa shape index (κ1) is 15.9. The second kappa shape index (κ2) is 7.02. The van der Waals surface area contributed by atoms with Crippen molar-refractivity contribution < 1.29 is 4.39 Å². The number of nitrogens with two attached hydrogens (primary N) is 1. The monoisotopic (exact) mass is 310 g/mol. The molecule has 0 radical (unpaired) electrons. The topological polar surface area (TPSA) is 55.9 Å². The Morgan fingerprint density at radius 3 is 2.81 bits per heavy atom. The zero-order chi connectivity index (χ0) is 15.4. The molecule has 1 atom stereocenters. The molecule has 0 saturated heterocycles. The Labute approximate surface area is 129 Å². The lowest BCUT2D eigenvalue weighted by Crippen LogP contribution is -2.31. The van der Waals surface area contributed by atoms with Crippen LogP contribution in [0.25, 0.3) is 0 Å². The molecule has 0 saturated carbocycles. The molecule has 3 N–H and O–H groups in total. The standard InChI is InChI=1S/C15H20ClFN4/c1-3-11-9-14(21(4-2)20-11)13(19-18)8-10-6-5-7-12(17)15(10)16/h5-7,9,13,19H,3-4,8,18H2,1-2H3. The molecule has 2 rings (SSSR count). The number of halogens is 2. The number of aryl methyl sites for hydroxylation is 2. The number of aromatic nitrogens is 2. The zero-order valence-corrected chi connectivity index (χ0v) is 13.0. The molecule has 1 aromatic carbocycles. The molecular weight excluding hydrogens is 291 g/mol. The number of nitrogens with zero attached hydrogens (tertiary/aromatic N) is 2. The van der Waals surface area contributed by atoms with Gasteiger partial charge in [0.15, 0.2) is 0 Å². The van der Waals surface area contributed by atoms with E-state index >= 15 is 0 Å². The van der Waals surface area contributed by atoms with Crippen LogP contribution in [0.4, 0.5) is 4.39 Å². The van der Waals surface area contributed by atoms with Crippen LogP contribution in [0.15, 0.2) is 24.3 Å². The van der Waals surface area contributed by atoms with E-state index in [1.807, 2.05) is 23.7 Å². The maximum absolute atomic E-state index is 13.5. The number of hydrogen-bond donors (Lipinski definition) is 2. The molecule has 0 aliphatic heterocycles. The minimum Gasteiger partial charge on any atom is -0.271 e. The number of nitrogens with one attached hydrogen (secondary N) is 1. The Balaban J connectivity index is 2.31. The molecule has 4 nitrogen and oxygen atoms in total. The maximum atomic E-state index is 13.5. The Morgan fingerprint density at radius 2 is 2.19 bits per heavy atom. The van der Waals surface area contributed by atoms with Gasteiger partial charge in [0.2, 0.25) is 0 Å². The summed E-state index contributed by atoms with van der Waals surface area (Å²) in [4.78, 5) is 0. The summed E-state index contributed by atoms with van der Waals surface area (Å²) in [7, 11) is 0. The molecule has 0 bridgehead atoms. The van der Waals surface area contributed by atoms with E-state index in [0.717, 1.165) is 29.9 Å². The Morgan fingerprint density at radius 1 is 1.43 bits per heavy atom. The quantitative estimate of drug-likeness (QED) is 0.637. The van der Waals surface area contributed by atoms with Crippen molar-refractivity contribution in [2.45, 2.75) is 39.3 Å². The van der Waals surface area contributed by atoms with Gasteiger partial charge in [-0.1, -0.05) is 30.7 Å². The first-order valence-electron chi connectivity index (χ1n) is 7.06. The lowest BCUT2D eigenvalue weighted by Gasteiger charge is -2.18. The fraction of sp³-hybridized carbons (Fsp3) is 0.400. The van der Waals surface area contributed by atoms with Gasteiger partial charge in [0.05, 0.1) is 22.5 Å². The van der Waals surface area contributed by atoms with Crippen molar-refractivity contribution >= 4 is 11.6 Å². The predicted octanol–water partition coefficient (Wildman–Crippen LogP) is 3.01. The summed E-state index contributed by atoms with van der Waals surface area (Å²) in [5, 5.41) is 4.66. The highest BCUT2D eigenvalue weighted by atomic mass is 35.5. The highest BCUT2D eigenvalue weighted by Crippen LogP contribution is 2.26. The summed E-state index contributed by atoms with van der Waals surface area (Å²) in [6.45, 7) is 4.84. The van der Waals surface area contributed by atoms with Gasteiger partial charge in [-0.15, -0.1) is 0 Å². The number of hydrogen-bond acceptors (Lipinski definition) is 3. The van der Waals surface area contributed by atoms with Crippen LogP contribution in [0.1, 0.15) is 36.8 Å². The lowest BCUT2D eigenvalue weighted by molar-refractivity contribution is 0.488. The molecule has 114 valence electrons. The Hall–Kier alpha value is -1.43. The van der Waals surface area contributed by atoms with E-state index in [1.54, 1.807) is 6.07 Å². The number of benzene rings is 1. The van der Waals surface area contributed by atoms with E-state index in [0.29, 0.717) is 6.42 Å². The second-order valence-corrected chi connectivity index (χ2v) is 5.24. The minimum atomic E-state index is -0.414. The zero-order valence-electron chi connectivity index (χ0n) is 12.2. The fourth-order valence-electron chi connectivity index (χ4n) is 2.37. The highest BCUT2D eigenvalue weighted by Gasteiger charge is 2.19. The van der Waals surface area contributed by atoms with Gasteiger partial charge in [-0.05, 0) is 37.5 Å². The Bertz CT molecular complexity index is 612. The third-order valence-corrected chi connectivity index (χ3v) is 3.96. The van der Waals surface area contributed by atoms with Crippen molar-refractivity contribution in [2.24, 2.45) is 5.84 Å². The highest BCUT2D eigenvalue weighted by molar-refractivity contribution is 6.31. The molecule has 21 heavy (non-hydrogen) atoms. The fourth-order valence-corrected chi connectivity index (χ4v) is 2.57. The van der Waals surface area contributed by atoms with Gasteiger partial charge >= 0.3 is 0 Å². The van der Waals surface area contributed by atoms with E-state index in [4.69, 9.17) is 17.4 Å². The molecule has 6 heteroatoms. The van der Waals surface area contributed by atoms with Gasteiger partial charge in [0.25, 0.3) is 0 Å². The van der Waals surface area contributed by atoms with Crippen LogP contribution < -0.4 is 11.3 Å². The van der Waals surface area contributed by atoms with E-state index in [-0.39, 0.29) is 11.1 Å². The normalized spacial score (nSPS) is 12.6. The number of hydrazine groups is 1. The molecule has 1 heterocycles. The van der Waals surface area contributed by atoms with Crippen molar-refractivity contribution in [3.63, 3.8) is 0 Å². The summed E-state index contributed by atoms with van der Waals surface area (Å²) < 4.78 is 15.5. The molecule has 2 aromatic rings. The van der Waals surface area contributed by atoms with Gasteiger partial charge in [-0.2, -0.15) is 5.10 Å². The first-order chi connectivity index (χ1) is 10.1. The molecule has 0 aliphatic rings. The molecule has 0 spiro atoms. The van der Waals surface area contributed by atoms with Crippen molar-refractivity contribution in [2.75, 3.05) is 0 Å². The van der Waals surface area contributed by atoms with Gasteiger partial charge in [0.1, 0.15) is 5.82 Å². The predicted molar refractivity (Wildman–Crippen MR) is 82.5 cm³/mol. The largest absolute Gasteiger partial charge is 0.271 e. The third-order valence-electron chi connectivity index (χ3n) is 3.54. The van der Waals surface area contributed by atoms with Crippen LogP contribution in [0.2, 0.25) is 5.02 Å². The van der Waals surface area contributed by atoms with Gasteiger partial charge in [-0.25, -0.2) is 4.39 Å². The summed E-state index contributed by atoms with van der Waals surface area (Å²) >= 11 is 6.02. The minimum absolute atomic E-state index is 0.149. The number of rotatable bonds is 6. The van der Waals surface area contributed by atoms with E-state index in [2.05, 4.69) is 17.4 Å². The van der Waals surface area contributed by atoms with Crippen LogP contribution in [0.5, 0.6) is 0 Å². The van der Waals surface area contributed by atoms with Crippen molar-refractivity contribution in [1.29, 1.82) is 0 Å². The lowest BCUT2D eigenvalue weighted by atomic mass is 10.0. The molecule has 0 fully saturated rings. The van der Waals surface area contributed by atoms with Gasteiger partial charge in [0, 0.05) is 6.54 Å². The van der Waals surface area contributed by atoms with Crippen LogP contribution in [0, 0.1) is 5.82 Å². The van der Waals surface area contributed by atoms with Crippen molar-refractivity contribution in [1.82, 2.24) is 15.2 Å². The van der Waals surface area contributed by atoms with Crippen molar-refractivity contribution in [3.05, 3.63) is 52.1 Å². The average molecular weight is 311 g/mol. The molecule has 0 amide bonds. The molecule has 1 unspecified atom stereocenters. The molecule has 0 aliphatic carbocycles. The van der Waals surface area contributed by atoms with Crippen LogP contribution >= 0.6 is 11.6 Å². The Kier molecular flexibility index (Phi) is 5.33. The SMILES string of the molecule is CCc1cc(C(Cc2cccc(F)c2Cl)NN)n(CC)n1. The van der Waals surface area contributed by atoms with E-state index in [9.17, 15) is 4.39 Å². The van der Waals surface area contributed by atoms with Crippen LogP contribution in [0.3, 0.4) is 0 Å². The summed E-state index contributed by atoms with van der Waals surface area (Å²) in [5.74, 6) is 5.27. The second-order valence-electron chi connectivity index (χ2n) is 4.87. The van der Waals surface area contributed by atoms with Crippen LogP contribution in [-0.4, -0.2) is 9.78 Å². The third kappa shape index (κ3) is 3.43. The van der Waals surface area contributed by atoms with Gasteiger partial charge < -0.3 is 0 Å². The summed E-state index contributed by atoms with van der Waals surface area (Å²) in [5.41, 5.74) is 5.50.